The Labute approximate surface area is 132 Å². The Balaban J connectivity index is 1.65. The Kier molecular flexibility index (Phi) is 3.14. The van der Waals surface area contributed by atoms with Gasteiger partial charge in [-0.2, -0.15) is 4.37 Å². The van der Waals surface area contributed by atoms with Crippen molar-refractivity contribution in [3.05, 3.63) is 30.0 Å². The van der Waals surface area contributed by atoms with Gasteiger partial charge in [-0.3, -0.25) is 9.59 Å². The first kappa shape index (κ1) is 13.7. The van der Waals surface area contributed by atoms with Crippen molar-refractivity contribution in [3.63, 3.8) is 0 Å². The lowest BCUT2D eigenvalue weighted by Crippen LogP contribution is -2.64. The number of carbonyl (C=O) groups excluding carboxylic acids is 2. The second-order valence-electron chi connectivity index (χ2n) is 6.06. The zero-order valence-corrected chi connectivity index (χ0v) is 13.2. The Bertz CT molecular complexity index is 757. The van der Waals surface area contributed by atoms with Gasteiger partial charge in [-0.05, 0) is 36.5 Å². The molecule has 2 aromatic rings. The van der Waals surface area contributed by atoms with Gasteiger partial charge >= 0.3 is 0 Å². The zero-order chi connectivity index (χ0) is 15.3. The van der Waals surface area contributed by atoms with Gasteiger partial charge in [0.25, 0.3) is 5.91 Å². The molecular weight excluding hydrogens is 298 g/mol. The van der Waals surface area contributed by atoms with E-state index in [1.165, 1.54) is 11.5 Å². The molecule has 2 bridgehead atoms. The lowest BCUT2D eigenvalue weighted by atomic mass is 9.90. The molecule has 0 radical (unpaired) electrons. The van der Waals surface area contributed by atoms with Crippen molar-refractivity contribution in [2.45, 2.75) is 31.8 Å². The molecular formula is C16H17N3O2S. The van der Waals surface area contributed by atoms with E-state index in [-0.39, 0.29) is 23.9 Å². The second kappa shape index (κ2) is 5.05. The van der Waals surface area contributed by atoms with Crippen molar-refractivity contribution in [1.82, 2.24) is 14.2 Å². The number of benzene rings is 1. The third kappa shape index (κ3) is 2.01. The fraction of sp³-hybridized carbons (Fsp3) is 0.438. The maximum atomic E-state index is 13.0. The lowest BCUT2D eigenvalue weighted by Gasteiger charge is -2.51. The molecule has 2 amide bonds. The maximum Gasteiger partial charge on any atom is 0.254 e. The molecule has 2 unspecified atom stereocenters. The smallest absolute Gasteiger partial charge is 0.254 e. The van der Waals surface area contributed by atoms with Crippen LogP contribution in [0.1, 0.15) is 30.1 Å². The molecule has 5 nitrogen and oxygen atoms in total. The summed E-state index contributed by atoms with van der Waals surface area (Å²) in [6, 6.07) is 6.10. The van der Waals surface area contributed by atoms with E-state index in [2.05, 4.69) is 4.37 Å². The van der Waals surface area contributed by atoms with Crippen LogP contribution >= 0.6 is 11.5 Å². The van der Waals surface area contributed by atoms with E-state index >= 15 is 0 Å². The molecule has 22 heavy (non-hydrogen) atoms. The van der Waals surface area contributed by atoms with Crippen molar-refractivity contribution in [1.29, 1.82) is 0 Å². The lowest BCUT2D eigenvalue weighted by molar-refractivity contribution is -0.138. The van der Waals surface area contributed by atoms with Crippen molar-refractivity contribution < 1.29 is 9.59 Å². The van der Waals surface area contributed by atoms with Crippen LogP contribution in [-0.2, 0) is 4.79 Å². The van der Waals surface area contributed by atoms with Crippen molar-refractivity contribution >= 4 is 33.4 Å². The molecule has 114 valence electrons. The molecule has 0 spiro atoms. The largest absolute Gasteiger partial charge is 0.336 e. The van der Waals surface area contributed by atoms with Crippen LogP contribution in [0.3, 0.4) is 0 Å². The number of piperazine rings is 1. The Morgan fingerprint density at radius 3 is 2.59 bits per heavy atom. The third-order valence-corrected chi connectivity index (χ3v) is 5.59. The number of hydrogen-bond donors (Lipinski definition) is 0. The summed E-state index contributed by atoms with van der Waals surface area (Å²) in [5.74, 6) is 0.189. The van der Waals surface area contributed by atoms with Gasteiger partial charge in [0, 0.05) is 49.2 Å². The molecule has 0 N–H and O–H groups in total. The van der Waals surface area contributed by atoms with Crippen LogP contribution in [-0.4, -0.2) is 51.2 Å². The summed E-state index contributed by atoms with van der Waals surface area (Å²) in [5.41, 5.74) is 0.730. The van der Waals surface area contributed by atoms with Gasteiger partial charge in [0.15, 0.2) is 0 Å². The molecule has 2 atom stereocenters. The van der Waals surface area contributed by atoms with Crippen molar-refractivity contribution in [2.75, 3.05) is 13.1 Å². The number of fused-ring (bicyclic) bond motifs is 4. The Morgan fingerprint density at radius 2 is 1.91 bits per heavy atom. The van der Waals surface area contributed by atoms with Crippen LogP contribution < -0.4 is 0 Å². The van der Waals surface area contributed by atoms with E-state index in [1.54, 1.807) is 13.1 Å². The summed E-state index contributed by atoms with van der Waals surface area (Å²) in [6.07, 6.45) is 3.76. The van der Waals surface area contributed by atoms with E-state index in [0.717, 1.165) is 28.5 Å². The summed E-state index contributed by atoms with van der Waals surface area (Å²) < 4.78 is 5.23. The van der Waals surface area contributed by atoms with Crippen LogP contribution in [0.2, 0.25) is 0 Å². The topological polar surface area (TPSA) is 53.5 Å². The van der Waals surface area contributed by atoms with E-state index in [4.69, 9.17) is 0 Å². The van der Waals surface area contributed by atoms with E-state index < -0.39 is 0 Å². The van der Waals surface area contributed by atoms with Gasteiger partial charge < -0.3 is 9.80 Å². The number of carbonyl (C=O) groups is 2. The summed E-state index contributed by atoms with van der Waals surface area (Å²) in [5, 5.41) is 0.933. The summed E-state index contributed by atoms with van der Waals surface area (Å²) in [7, 11) is 0. The minimum Gasteiger partial charge on any atom is -0.336 e. The first-order chi connectivity index (χ1) is 10.6. The summed E-state index contributed by atoms with van der Waals surface area (Å²) in [4.78, 5) is 28.5. The minimum absolute atomic E-state index is 0.0729. The van der Waals surface area contributed by atoms with E-state index in [1.807, 2.05) is 28.0 Å². The van der Waals surface area contributed by atoms with Gasteiger partial charge in [-0.25, -0.2) is 0 Å². The van der Waals surface area contributed by atoms with Crippen LogP contribution in [0.4, 0.5) is 0 Å². The number of piperidine rings is 2. The number of amides is 2. The average molecular weight is 315 g/mol. The number of nitrogens with zero attached hydrogens (tertiary/aromatic N) is 3. The van der Waals surface area contributed by atoms with Crippen molar-refractivity contribution in [3.8, 4) is 0 Å². The fourth-order valence-corrected chi connectivity index (χ4v) is 4.37. The minimum atomic E-state index is 0.0729. The fourth-order valence-electron chi connectivity index (χ4n) is 3.70. The highest BCUT2D eigenvalue weighted by atomic mass is 32.1. The monoisotopic (exact) mass is 315 g/mol. The Morgan fingerprint density at radius 1 is 1.18 bits per heavy atom. The first-order valence-corrected chi connectivity index (χ1v) is 8.34. The highest BCUT2D eigenvalue weighted by Crippen LogP contribution is 2.31. The average Bonchev–Trinajstić information content (AvgIpc) is 3.03. The van der Waals surface area contributed by atoms with E-state index in [0.29, 0.717) is 13.1 Å². The number of hydrogen-bond acceptors (Lipinski definition) is 4. The molecule has 3 aliphatic rings. The summed E-state index contributed by atoms with van der Waals surface area (Å²) >= 11 is 1.41. The SMILES string of the molecule is CC(=O)N1CC2CCC1CN2C(=O)c1cccc2sncc12. The molecule has 1 aromatic heterocycles. The van der Waals surface area contributed by atoms with E-state index in [9.17, 15) is 9.59 Å². The molecule has 4 heterocycles. The van der Waals surface area contributed by atoms with Gasteiger partial charge in [-0.15, -0.1) is 0 Å². The molecule has 3 saturated heterocycles. The standard InChI is InChI=1S/C16H17N3O2S/c1-10(20)18-8-12-6-5-11(18)9-19(12)16(21)13-3-2-4-15-14(13)7-17-22-15/h2-4,7,11-12H,5-6,8-9H2,1H3. The molecule has 1 aromatic carbocycles. The van der Waals surface area contributed by atoms with Crippen LogP contribution in [0, 0.1) is 0 Å². The van der Waals surface area contributed by atoms with Gasteiger partial charge in [0.05, 0.1) is 4.70 Å². The van der Waals surface area contributed by atoms with Gasteiger partial charge in [-0.1, -0.05) is 6.07 Å². The van der Waals surface area contributed by atoms with Crippen molar-refractivity contribution in [2.24, 2.45) is 0 Å². The first-order valence-electron chi connectivity index (χ1n) is 7.56. The predicted octanol–water partition coefficient (Wildman–Crippen LogP) is 2.13. The quantitative estimate of drug-likeness (QED) is 0.810. The molecule has 3 fully saturated rings. The maximum absolute atomic E-state index is 13.0. The molecule has 5 rings (SSSR count). The highest BCUT2D eigenvalue weighted by molar-refractivity contribution is 7.13. The molecule has 0 aliphatic carbocycles. The third-order valence-electron chi connectivity index (χ3n) is 4.82. The molecule has 0 saturated carbocycles. The zero-order valence-electron chi connectivity index (χ0n) is 12.4. The van der Waals surface area contributed by atoms with Gasteiger partial charge in [0.1, 0.15) is 0 Å². The second-order valence-corrected chi connectivity index (χ2v) is 6.89. The molecule has 6 heteroatoms. The van der Waals surface area contributed by atoms with Crippen LogP contribution in [0.15, 0.2) is 24.4 Å². The van der Waals surface area contributed by atoms with Gasteiger partial charge in [0.2, 0.25) is 5.91 Å². The predicted molar refractivity (Wildman–Crippen MR) is 84.9 cm³/mol. The summed E-state index contributed by atoms with van der Waals surface area (Å²) in [6.45, 7) is 2.94. The Hall–Kier alpha value is -1.95. The number of aromatic nitrogens is 1. The van der Waals surface area contributed by atoms with Crippen LogP contribution in [0.5, 0.6) is 0 Å². The highest BCUT2D eigenvalue weighted by Gasteiger charge is 2.42. The normalized spacial score (nSPS) is 24.0. The molecule has 3 aliphatic heterocycles. The van der Waals surface area contributed by atoms with Crippen LogP contribution in [0.25, 0.3) is 10.1 Å². The number of rotatable bonds is 1.